The van der Waals surface area contributed by atoms with E-state index in [1.807, 2.05) is 32.0 Å². The summed E-state index contributed by atoms with van der Waals surface area (Å²) in [5, 5.41) is 3.37. The maximum Gasteiger partial charge on any atom is 0.272 e. The maximum absolute atomic E-state index is 12.3. The van der Waals surface area contributed by atoms with Crippen LogP contribution in [0.3, 0.4) is 0 Å². The molecule has 0 aliphatic rings. The number of carbonyl (C=O) groups excluding carboxylic acids is 1. The van der Waals surface area contributed by atoms with Gasteiger partial charge in [-0.05, 0) is 44.4 Å². The third-order valence-electron chi connectivity index (χ3n) is 3.84. The minimum absolute atomic E-state index is 0.0112. The summed E-state index contributed by atoms with van der Waals surface area (Å²) in [4.78, 5) is 18.3. The number of pyridine rings is 1. The lowest BCUT2D eigenvalue weighted by Crippen LogP contribution is -2.31. The van der Waals surface area contributed by atoms with Gasteiger partial charge in [-0.25, -0.2) is 0 Å². The number of hydrogen-bond acceptors (Lipinski definition) is 3. The SMILES string of the molecule is CCN(CC)C(=O)c1cc(NCCCc2ccccc2)ccn1. The van der Waals surface area contributed by atoms with Crippen molar-refractivity contribution in [1.29, 1.82) is 0 Å². The fourth-order valence-corrected chi connectivity index (χ4v) is 2.50. The summed E-state index contributed by atoms with van der Waals surface area (Å²) in [6, 6.07) is 14.2. The second-order valence-electron chi connectivity index (χ2n) is 5.42. The summed E-state index contributed by atoms with van der Waals surface area (Å²) in [6.45, 7) is 6.23. The lowest BCUT2D eigenvalue weighted by atomic mass is 10.1. The van der Waals surface area contributed by atoms with Crippen molar-refractivity contribution in [1.82, 2.24) is 9.88 Å². The molecular formula is C19H25N3O. The average Bonchev–Trinajstić information content (AvgIpc) is 2.61. The monoisotopic (exact) mass is 311 g/mol. The van der Waals surface area contributed by atoms with Crippen molar-refractivity contribution in [2.24, 2.45) is 0 Å². The number of nitrogens with zero attached hydrogens (tertiary/aromatic N) is 2. The highest BCUT2D eigenvalue weighted by Gasteiger charge is 2.13. The van der Waals surface area contributed by atoms with Gasteiger partial charge in [0.1, 0.15) is 5.69 Å². The lowest BCUT2D eigenvalue weighted by Gasteiger charge is -2.18. The van der Waals surface area contributed by atoms with Gasteiger partial charge < -0.3 is 10.2 Å². The summed E-state index contributed by atoms with van der Waals surface area (Å²) < 4.78 is 0. The molecule has 1 N–H and O–H groups in total. The van der Waals surface area contributed by atoms with Crippen molar-refractivity contribution in [3.63, 3.8) is 0 Å². The zero-order chi connectivity index (χ0) is 16.5. The van der Waals surface area contributed by atoms with Crippen LogP contribution in [0.15, 0.2) is 48.7 Å². The quantitative estimate of drug-likeness (QED) is 0.758. The molecule has 0 spiro atoms. The Balaban J connectivity index is 1.86. The number of nitrogens with one attached hydrogen (secondary N) is 1. The number of amides is 1. The number of aryl methyl sites for hydroxylation is 1. The predicted molar refractivity (Wildman–Crippen MR) is 94.7 cm³/mol. The molecule has 2 rings (SSSR count). The molecule has 0 aliphatic carbocycles. The van der Waals surface area contributed by atoms with Gasteiger partial charge in [0.05, 0.1) is 0 Å². The number of hydrogen-bond donors (Lipinski definition) is 1. The number of rotatable bonds is 8. The van der Waals surface area contributed by atoms with Crippen molar-refractivity contribution in [2.75, 3.05) is 25.0 Å². The molecule has 4 heteroatoms. The third-order valence-corrected chi connectivity index (χ3v) is 3.84. The van der Waals surface area contributed by atoms with Crippen molar-refractivity contribution in [3.05, 3.63) is 59.9 Å². The zero-order valence-corrected chi connectivity index (χ0v) is 14.0. The lowest BCUT2D eigenvalue weighted by molar-refractivity contribution is 0.0767. The van der Waals surface area contributed by atoms with Gasteiger partial charge >= 0.3 is 0 Å². The Hall–Kier alpha value is -2.36. The molecule has 1 amide bonds. The van der Waals surface area contributed by atoms with Crippen molar-refractivity contribution >= 4 is 11.6 Å². The van der Waals surface area contributed by atoms with E-state index < -0.39 is 0 Å². The first-order valence-electron chi connectivity index (χ1n) is 8.27. The Labute approximate surface area is 138 Å². The summed E-state index contributed by atoms with van der Waals surface area (Å²) in [5.41, 5.74) is 2.80. The minimum Gasteiger partial charge on any atom is -0.385 e. The first-order valence-corrected chi connectivity index (χ1v) is 8.27. The highest BCUT2D eigenvalue weighted by Crippen LogP contribution is 2.11. The van der Waals surface area contributed by atoms with Crippen LogP contribution in [0, 0.1) is 0 Å². The zero-order valence-electron chi connectivity index (χ0n) is 14.0. The molecule has 1 aromatic heterocycles. The molecule has 0 unspecified atom stereocenters. The van der Waals surface area contributed by atoms with Crippen LogP contribution in [0.25, 0.3) is 0 Å². The standard InChI is InChI=1S/C19H25N3O/c1-3-22(4-2)19(23)18-15-17(12-14-21-18)20-13-8-11-16-9-6-5-7-10-16/h5-7,9-10,12,14-15H,3-4,8,11,13H2,1-2H3,(H,20,21). The molecule has 0 aliphatic heterocycles. The molecule has 0 bridgehead atoms. The fourth-order valence-electron chi connectivity index (χ4n) is 2.50. The molecule has 23 heavy (non-hydrogen) atoms. The predicted octanol–water partition coefficient (Wildman–Crippen LogP) is 3.61. The van der Waals surface area contributed by atoms with E-state index in [9.17, 15) is 4.79 Å². The van der Waals surface area contributed by atoms with E-state index in [2.05, 4.69) is 34.6 Å². The Morgan fingerprint density at radius 1 is 1.13 bits per heavy atom. The number of benzene rings is 1. The Kier molecular flexibility index (Phi) is 6.60. The second kappa shape index (κ2) is 8.93. The normalized spacial score (nSPS) is 10.3. The summed E-state index contributed by atoms with van der Waals surface area (Å²) in [6.07, 6.45) is 3.78. The van der Waals surface area contributed by atoms with Gasteiger partial charge in [0, 0.05) is 31.5 Å². The number of aromatic nitrogens is 1. The first-order chi connectivity index (χ1) is 11.2. The highest BCUT2D eigenvalue weighted by molar-refractivity contribution is 5.93. The maximum atomic E-state index is 12.3. The van der Waals surface area contributed by atoms with Gasteiger partial charge in [-0.3, -0.25) is 9.78 Å². The number of anilines is 1. The van der Waals surface area contributed by atoms with Gasteiger partial charge in [-0.15, -0.1) is 0 Å². The molecule has 0 radical (unpaired) electrons. The summed E-state index contributed by atoms with van der Waals surface area (Å²) >= 11 is 0. The van der Waals surface area contributed by atoms with Gasteiger partial charge in [0.2, 0.25) is 0 Å². The van der Waals surface area contributed by atoms with Crippen LogP contribution >= 0.6 is 0 Å². The van der Waals surface area contributed by atoms with Crippen LogP contribution in [0.2, 0.25) is 0 Å². The van der Waals surface area contributed by atoms with E-state index >= 15 is 0 Å². The van der Waals surface area contributed by atoms with Gasteiger partial charge in [-0.2, -0.15) is 0 Å². The van der Waals surface area contributed by atoms with Crippen LogP contribution in [0.1, 0.15) is 36.3 Å². The molecule has 122 valence electrons. The molecular weight excluding hydrogens is 286 g/mol. The molecule has 4 nitrogen and oxygen atoms in total. The third kappa shape index (κ3) is 5.09. The van der Waals surface area contributed by atoms with E-state index in [0.717, 1.165) is 25.1 Å². The van der Waals surface area contributed by atoms with Gasteiger partial charge in [-0.1, -0.05) is 30.3 Å². The largest absolute Gasteiger partial charge is 0.385 e. The van der Waals surface area contributed by atoms with E-state index in [-0.39, 0.29) is 5.91 Å². The average molecular weight is 311 g/mol. The van der Waals surface area contributed by atoms with Crippen molar-refractivity contribution in [2.45, 2.75) is 26.7 Å². The van der Waals surface area contributed by atoms with Crippen LogP contribution in [-0.4, -0.2) is 35.4 Å². The molecule has 1 aromatic carbocycles. The van der Waals surface area contributed by atoms with Crippen molar-refractivity contribution in [3.8, 4) is 0 Å². The van der Waals surface area contributed by atoms with E-state index in [1.165, 1.54) is 5.56 Å². The van der Waals surface area contributed by atoms with Crippen LogP contribution < -0.4 is 5.32 Å². The molecule has 2 aromatic rings. The van der Waals surface area contributed by atoms with Crippen LogP contribution in [0.5, 0.6) is 0 Å². The molecule has 0 saturated carbocycles. The Morgan fingerprint density at radius 3 is 2.57 bits per heavy atom. The van der Waals surface area contributed by atoms with E-state index in [4.69, 9.17) is 0 Å². The molecule has 1 heterocycles. The summed E-state index contributed by atoms with van der Waals surface area (Å²) in [7, 11) is 0. The Morgan fingerprint density at radius 2 is 1.87 bits per heavy atom. The van der Waals surface area contributed by atoms with E-state index in [0.29, 0.717) is 18.8 Å². The first kappa shape index (κ1) is 17.0. The van der Waals surface area contributed by atoms with Crippen molar-refractivity contribution < 1.29 is 4.79 Å². The van der Waals surface area contributed by atoms with Gasteiger partial charge in [0.25, 0.3) is 5.91 Å². The topological polar surface area (TPSA) is 45.2 Å². The summed E-state index contributed by atoms with van der Waals surface area (Å²) in [5.74, 6) is -0.0112. The van der Waals surface area contributed by atoms with Crippen LogP contribution in [0.4, 0.5) is 5.69 Å². The second-order valence-corrected chi connectivity index (χ2v) is 5.42. The van der Waals surface area contributed by atoms with E-state index in [1.54, 1.807) is 11.1 Å². The molecule has 0 saturated heterocycles. The molecule has 0 atom stereocenters. The van der Waals surface area contributed by atoms with Crippen LogP contribution in [-0.2, 0) is 6.42 Å². The Bertz CT molecular complexity index is 609. The number of carbonyl (C=O) groups is 1. The van der Waals surface area contributed by atoms with Gasteiger partial charge in [0.15, 0.2) is 0 Å². The molecule has 0 fully saturated rings. The minimum atomic E-state index is -0.0112. The fraction of sp³-hybridized carbons (Fsp3) is 0.368. The highest BCUT2D eigenvalue weighted by atomic mass is 16.2. The smallest absolute Gasteiger partial charge is 0.272 e.